The van der Waals surface area contributed by atoms with Gasteiger partial charge in [-0.15, -0.1) is 0 Å². The topological polar surface area (TPSA) is 24.4 Å². The molecule has 0 amide bonds. The number of rotatable bonds is 4. The molecule has 3 aromatic rings. The van der Waals surface area contributed by atoms with E-state index < -0.39 is 0 Å². The molecule has 2 heteroatoms. The molecule has 0 saturated carbocycles. The minimum atomic E-state index is 0.764. The predicted octanol–water partition coefficient (Wildman–Crippen LogP) is 4.50. The number of nitrogens with one attached hydrogen (secondary N) is 1. The Hall–Kier alpha value is -2.71. The normalized spacial score (nSPS) is 12.8. The van der Waals surface area contributed by atoms with Crippen LogP contribution in [0.3, 0.4) is 0 Å². The van der Waals surface area contributed by atoms with Gasteiger partial charge in [0.1, 0.15) is 0 Å². The predicted molar refractivity (Wildman–Crippen MR) is 100 cm³/mol. The van der Waals surface area contributed by atoms with Gasteiger partial charge in [0.2, 0.25) is 0 Å². The second kappa shape index (κ2) is 6.81. The number of hydrogen-bond acceptors (Lipinski definition) is 2. The van der Waals surface area contributed by atoms with Crippen molar-refractivity contribution < 1.29 is 0 Å². The van der Waals surface area contributed by atoms with Crippen molar-refractivity contribution in [1.29, 1.82) is 0 Å². The van der Waals surface area contributed by atoms with E-state index in [4.69, 9.17) is 4.99 Å². The van der Waals surface area contributed by atoms with Crippen LogP contribution in [-0.4, -0.2) is 12.3 Å². The number of hydrogen-bond donors (Lipinski definition) is 1. The lowest BCUT2D eigenvalue weighted by Crippen LogP contribution is -2.23. The minimum absolute atomic E-state index is 0.764. The summed E-state index contributed by atoms with van der Waals surface area (Å²) in [4.78, 5) is 4.97. The monoisotopic (exact) mass is 312 g/mol. The van der Waals surface area contributed by atoms with E-state index in [-0.39, 0.29) is 0 Å². The summed E-state index contributed by atoms with van der Waals surface area (Å²) in [7, 11) is 0. The molecular formula is C22H20N2. The van der Waals surface area contributed by atoms with Crippen LogP contribution in [0.5, 0.6) is 0 Å². The number of benzene rings is 3. The van der Waals surface area contributed by atoms with Gasteiger partial charge in [-0.05, 0) is 22.8 Å². The molecule has 24 heavy (non-hydrogen) atoms. The van der Waals surface area contributed by atoms with Gasteiger partial charge in [-0.3, -0.25) is 4.99 Å². The molecule has 4 rings (SSSR count). The molecule has 1 aliphatic heterocycles. The van der Waals surface area contributed by atoms with Crippen LogP contribution >= 0.6 is 0 Å². The highest BCUT2D eigenvalue weighted by Gasteiger charge is 2.15. The summed E-state index contributed by atoms with van der Waals surface area (Å²) >= 11 is 0. The molecule has 0 fully saturated rings. The highest BCUT2D eigenvalue weighted by molar-refractivity contribution is 6.05. The first-order valence-electron chi connectivity index (χ1n) is 8.38. The Bertz CT molecular complexity index is 866. The van der Waals surface area contributed by atoms with Gasteiger partial charge in [0.05, 0.1) is 11.4 Å². The molecule has 0 spiro atoms. The van der Waals surface area contributed by atoms with Crippen LogP contribution in [0.4, 0.5) is 5.69 Å². The zero-order valence-electron chi connectivity index (χ0n) is 13.6. The van der Waals surface area contributed by atoms with Crippen molar-refractivity contribution >= 4 is 11.4 Å². The van der Waals surface area contributed by atoms with E-state index in [1.54, 1.807) is 0 Å². The van der Waals surface area contributed by atoms with Crippen molar-refractivity contribution in [2.45, 2.75) is 13.0 Å². The summed E-state index contributed by atoms with van der Waals surface area (Å²) in [5, 5.41) is 3.54. The number of fused-ring (bicyclic) bond motifs is 2. The maximum Gasteiger partial charge on any atom is 0.0669 e. The second-order valence-electron chi connectivity index (χ2n) is 6.11. The van der Waals surface area contributed by atoms with E-state index in [0.29, 0.717) is 0 Å². The molecule has 1 aliphatic rings. The molecule has 0 bridgehead atoms. The van der Waals surface area contributed by atoms with Crippen LogP contribution in [0, 0.1) is 0 Å². The van der Waals surface area contributed by atoms with Gasteiger partial charge >= 0.3 is 0 Å². The summed E-state index contributed by atoms with van der Waals surface area (Å²) in [5.41, 5.74) is 7.40. The van der Waals surface area contributed by atoms with E-state index in [0.717, 1.165) is 30.9 Å². The van der Waals surface area contributed by atoms with Gasteiger partial charge in [0.15, 0.2) is 0 Å². The molecule has 3 aromatic carbocycles. The van der Waals surface area contributed by atoms with Crippen molar-refractivity contribution in [2.75, 3.05) is 6.54 Å². The Labute approximate surface area is 142 Å². The van der Waals surface area contributed by atoms with E-state index in [9.17, 15) is 0 Å². The fraction of sp³-hybridized carbons (Fsp3) is 0.136. The lowest BCUT2D eigenvalue weighted by Gasteiger charge is -2.10. The van der Waals surface area contributed by atoms with Crippen LogP contribution in [0.25, 0.3) is 0 Å². The highest BCUT2D eigenvalue weighted by atomic mass is 14.9. The average Bonchev–Trinajstić information content (AvgIpc) is 2.79. The van der Waals surface area contributed by atoms with Gasteiger partial charge in [-0.1, -0.05) is 72.8 Å². The fourth-order valence-electron chi connectivity index (χ4n) is 3.19. The Kier molecular flexibility index (Phi) is 4.22. The van der Waals surface area contributed by atoms with Gasteiger partial charge in [0, 0.05) is 25.1 Å². The lowest BCUT2D eigenvalue weighted by atomic mass is 9.98. The number of para-hydroxylation sites is 1. The molecule has 0 radical (unpaired) electrons. The summed E-state index contributed by atoms with van der Waals surface area (Å²) in [6.45, 7) is 1.61. The van der Waals surface area contributed by atoms with E-state index in [1.165, 1.54) is 22.3 Å². The number of nitrogens with zero attached hydrogens (tertiary/aromatic N) is 1. The number of aliphatic imine (C=N–C) groups is 1. The zero-order valence-corrected chi connectivity index (χ0v) is 13.6. The van der Waals surface area contributed by atoms with Gasteiger partial charge in [0.25, 0.3) is 0 Å². The Morgan fingerprint density at radius 1 is 0.708 bits per heavy atom. The van der Waals surface area contributed by atoms with Gasteiger partial charge < -0.3 is 5.32 Å². The SMILES string of the molecule is c1ccc(CNCC2=Nc3ccccc3Cc3ccccc32)cc1. The first-order chi connectivity index (χ1) is 11.9. The second-order valence-corrected chi connectivity index (χ2v) is 6.11. The molecule has 0 aliphatic carbocycles. The Morgan fingerprint density at radius 3 is 2.29 bits per heavy atom. The molecule has 0 unspecified atom stereocenters. The molecule has 0 atom stereocenters. The quantitative estimate of drug-likeness (QED) is 0.753. The Balaban J connectivity index is 1.61. The molecule has 1 N–H and O–H groups in total. The van der Waals surface area contributed by atoms with E-state index in [2.05, 4.69) is 78.1 Å². The first-order valence-corrected chi connectivity index (χ1v) is 8.38. The summed E-state index contributed by atoms with van der Waals surface area (Å²) in [6.07, 6.45) is 0.942. The summed E-state index contributed by atoms with van der Waals surface area (Å²) in [5.74, 6) is 0. The van der Waals surface area contributed by atoms with E-state index in [1.807, 2.05) is 6.07 Å². The average molecular weight is 312 g/mol. The molecule has 1 heterocycles. The van der Waals surface area contributed by atoms with Crippen LogP contribution < -0.4 is 5.32 Å². The van der Waals surface area contributed by atoms with Crippen molar-refractivity contribution in [3.63, 3.8) is 0 Å². The fourth-order valence-corrected chi connectivity index (χ4v) is 3.19. The third-order valence-corrected chi connectivity index (χ3v) is 4.42. The maximum atomic E-state index is 4.97. The van der Waals surface area contributed by atoms with Crippen molar-refractivity contribution in [3.05, 3.63) is 101 Å². The van der Waals surface area contributed by atoms with Crippen LogP contribution in [0.2, 0.25) is 0 Å². The first kappa shape index (κ1) is 14.9. The van der Waals surface area contributed by atoms with Crippen LogP contribution in [0.15, 0.2) is 83.9 Å². The highest BCUT2D eigenvalue weighted by Crippen LogP contribution is 2.28. The summed E-state index contributed by atoms with van der Waals surface area (Å²) < 4.78 is 0. The zero-order chi connectivity index (χ0) is 16.2. The van der Waals surface area contributed by atoms with Gasteiger partial charge in [-0.25, -0.2) is 0 Å². The largest absolute Gasteiger partial charge is 0.307 e. The third-order valence-electron chi connectivity index (χ3n) is 4.42. The molecule has 2 nitrogen and oxygen atoms in total. The van der Waals surface area contributed by atoms with Gasteiger partial charge in [-0.2, -0.15) is 0 Å². The van der Waals surface area contributed by atoms with Crippen LogP contribution in [0.1, 0.15) is 22.3 Å². The van der Waals surface area contributed by atoms with Crippen LogP contribution in [-0.2, 0) is 13.0 Å². The van der Waals surface area contributed by atoms with E-state index >= 15 is 0 Å². The molecule has 0 saturated heterocycles. The van der Waals surface area contributed by atoms with Crippen molar-refractivity contribution in [2.24, 2.45) is 4.99 Å². The standard InChI is InChI=1S/C22H20N2/c1-2-8-17(9-3-1)15-23-16-22-20-12-6-4-10-18(20)14-19-11-5-7-13-21(19)24-22/h1-13,23H,14-16H2. The molecule has 118 valence electrons. The summed E-state index contributed by atoms with van der Waals surface area (Å²) in [6, 6.07) is 27.5. The smallest absolute Gasteiger partial charge is 0.0669 e. The lowest BCUT2D eigenvalue weighted by molar-refractivity contribution is 0.776. The molecule has 0 aromatic heterocycles. The maximum absolute atomic E-state index is 4.97. The van der Waals surface area contributed by atoms with Crippen molar-refractivity contribution in [1.82, 2.24) is 5.32 Å². The van der Waals surface area contributed by atoms with Crippen molar-refractivity contribution in [3.8, 4) is 0 Å². The molecular weight excluding hydrogens is 292 g/mol. The Morgan fingerprint density at radius 2 is 1.42 bits per heavy atom. The minimum Gasteiger partial charge on any atom is -0.307 e. The third kappa shape index (κ3) is 3.15.